The first-order valence-corrected chi connectivity index (χ1v) is 6.76. The molecule has 0 aromatic rings. The maximum absolute atomic E-state index is 4.36. The molecule has 3 atom stereocenters. The van der Waals surface area contributed by atoms with Gasteiger partial charge in [-0.05, 0) is 62.2 Å². The van der Waals surface area contributed by atoms with Crippen molar-refractivity contribution < 1.29 is 0 Å². The second kappa shape index (κ2) is 4.05. The summed E-state index contributed by atoms with van der Waals surface area (Å²) < 4.78 is 0. The Hall–Kier alpha value is -0.520. The van der Waals surface area contributed by atoms with Gasteiger partial charge in [0.2, 0.25) is 0 Å². The van der Waals surface area contributed by atoms with E-state index in [9.17, 15) is 0 Å². The lowest BCUT2D eigenvalue weighted by Gasteiger charge is -2.19. The second-order valence-electron chi connectivity index (χ2n) is 6.62. The van der Waals surface area contributed by atoms with Gasteiger partial charge < -0.3 is 0 Å². The topological polar surface area (TPSA) is 0 Å². The third-order valence-corrected chi connectivity index (χ3v) is 4.70. The fraction of sp³-hybridized carbons (Fsp3) is 0.750. The molecule has 0 radical (unpaired) electrons. The van der Waals surface area contributed by atoms with Gasteiger partial charge >= 0.3 is 0 Å². The van der Waals surface area contributed by atoms with Crippen molar-refractivity contribution in [1.82, 2.24) is 0 Å². The molecule has 2 rings (SSSR count). The molecule has 0 aromatic heterocycles. The smallest absolute Gasteiger partial charge is 0.00847 e. The lowest BCUT2D eigenvalue weighted by atomic mass is 9.86. The molecular formula is C16H26. The Balaban J connectivity index is 1.86. The molecule has 0 N–H and O–H groups in total. The van der Waals surface area contributed by atoms with Gasteiger partial charge in [-0.1, -0.05) is 31.6 Å². The fourth-order valence-corrected chi connectivity index (χ4v) is 3.23. The van der Waals surface area contributed by atoms with Crippen LogP contribution in [-0.4, -0.2) is 0 Å². The molecule has 0 bridgehead atoms. The SMILES string of the molecule is C=C(C)CC(C)C1CC1(C)C(=C)CC1CC1. The Morgan fingerprint density at radius 3 is 2.50 bits per heavy atom. The molecule has 0 heterocycles. The highest BCUT2D eigenvalue weighted by atomic mass is 14.6. The quantitative estimate of drug-likeness (QED) is 0.552. The molecule has 0 saturated heterocycles. The molecule has 0 spiro atoms. The minimum Gasteiger partial charge on any atom is -0.100 e. The average Bonchev–Trinajstić information content (AvgIpc) is 3.01. The molecule has 0 aliphatic heterocycles. The largest absolute Gasteiger partial charge is 0.100 e. The average molecular weight is 218 g/mol. The van der Waals surface area contributed by atoms with E-state index in [1.807, 2.05) is 0 Å². The zero-order valence-electron chi connectivity index (χ0n) is 11.2. The molecule has 3 unspecified atom stereocenters. The Kier molecular flexibility index (Phi) is 3.03. The lowest BCUT2D eigenvalue weighted by molar-refractivity contribution is 0.424. The monoisotopic (exact) mass is 218 g/mol. The van der Waals surface area contributed by atoms with Crippen molar-refractivity contribution in [3.63, 3.8) is 0 Å². The molecule has 16 heavy (non-hydrogen) atoms. The van der Waals surface area contributed by atoms with E-state index in [1.54, 1.807) is 0 Å². The number of allylic oxidation sites excluding steroid dienone is 2. The predicted molar refractivity (Wildman–Crippen MR) is 71.3 cm³/mol. The van der Waals surface area contributed by atoms with Crippen LogP contribution in [0.25, 0.3) is 0 Å². The Labute approximate surface area is 101 Å². The summed E-state index contributed by atoms with van der Waals surface area (Å²) in [7, 11) is 0. The fourth-order valence-electron chi connectivity index (χ4n) is 3.23. The van der Waals surface area contributed by atoms with Crippen molar-refractivity contribution in [1.29, 1.82) is 0 Å². The minimum absolute atomic E-state index is 0.470. The first kappa shape index (κ1) is 12.0. The van der Waals surface area contributed by atoms with Crippen LogP contribution < -0.4 is 0 Å². The van der Waals surface area contributed by atoms with Crippen LogP contribution in [-0.2, 0) is 0 Å². The van der Waals surface area contributed by atoms with Crippen molar-refractivity contribution in [2.24, 2.45) is 23.2 Å². The Morgan fingerprint density at radius 2 is 2.00 bits per heavy atom. The van der Waals surface area contributed by atoms with E-state index >= 15 is 0 Å². The zero-order chi connectivity index (χ0) is 11.9. The standard InChI is InChI=1S/C16H26/c1-11(2)8-12(3)15-10-16(15,5)13(4)9-14-6-7-14/h12,14-15H,1,4,6-10H2,2-3,5H3. The van der Waals surface area contributed by atoms with Crippen LogP contribution in [0.2, 0.25) is 0 Å². The highest BCUT2D eigenvalue weighted by molar-refractivity contribution is 5.23. The van der Waals surface area contributed by atoms with Gasteiger partial charge in [0.25, 0.3) is 0 Å². The van der Waals surface area contributed by atoms with E-state index in [0.29, 0.717) is 5.41 Å². The Bertz CT molecular complexity index is 308. The maximum Gasteiger partial charge on any atom is -0.00847 e. The van der Waals surface area contributed by atoms with E-state index in [0.717, 1.165) is 17.8 Å². The van der Waals surface area contributed by atoms with Gasteiger partial charge in [-0.2, -0.15) is 0 Å². The molecule has 2 aliphatic rings. The van der Waals surface area contributed by atoms with Crippen LogP contribution >= 0.6 is 0 Å². The Morgan fingerprint density at radius 1 is 1.38 bits per heavy atom. The van der Waals surface area contributed by atoms with Gasteiger partial charge in [0.15, 0.2) is 0 Å². The molecule has 0 nitrogen and oxygen atoms in total. The van der Waals surface area contributed by atoms with E-state index in [2.05, 4.69) is 33.9 Å². The summed E-state index contributed by atoms with van der Waals surface area (Å²) in [6.45, 7) is 15.4. The summed E-state index contributed by atoms with van der Waals surface area (Å²) in [4.78, 5) is 0. The first-order valence-electron chi connectivity index (χ1n) is 6.76. The van der Waals surface area contributed by atoms with Crippen molar-refractivity contribution >= 4 is 0 Å². The summed E-state index contributed by atoms with van der Waals surface area (Å²) in [5.41, 5.74) is 3.33. The third kappa shape index (κ3) is 2.42. The van der Waals surface area contributed by atoms with E-state index in [-0.39, 0.29) is 0 Å². The van der Waals surface area contributed by atoms with Crippen LogP contribution in [0.4, 0.5) is 0 Å². The molecule has 2 saturated carbocycles. The highest BCUT2D eigenvalue weighted by Gasteiger charge is 2.54. The van der Waals surface area contributed by atoms with Crippen LogP contribution in [0, 0.1) is 23.2 Å². The third-order valence-electron chi connectivity index (χ3n) is 4.70. The van der Waals surface area contributed by atoms with E-state index in [1.165, 1.54) is 43.3 Å². The highest BCUT2D eigenvalue weighted by Crippen LogP contribution is 2.63. The van der Waals surface area contributed by atoms with Gasteiger partial charge in [-0.15, -0.1) is 6.58 Å². The summed E-state index contributed by atoms with van der Waals surface area (Å²) in [6.07, 6.45) is 6.75. The minimum atomic E-state index is 0.470. The van der Waals surface area contributed by atoms with Gasteiger partial charge in [0.1, 0.15) is 0 Å². The van der Waals surface area contributed by atoms with Gasteiger partial charge in [-0.25, -0.2) is 0 Å². The number of hydrogen-bond acceptors (Lipinski definition) is 0. The summed E-state index contributed by atoms with van der Waals surface area (Å²) in [5, 5.41) is 0. The maximum atomic E-state index is 4.36. The normalized spacial score (nSPS) is 34.6. The summed E-state index contributed by atoms with van der Waals surface area (Å²) in [5.74, 6) is 2.65. The molecule has 0 aromatic carbocycles. The zero-order valence-corrected chi connectivity index (χ0v) is 11.2. The molecule has 90 valence electrons. The molecule has 0 amide bonds. The van der Waals surface area contributed by atoms with Crippen molar-refractivity contribution in [2.75, 3.05) is 0 Å². The summed E-state index contributed by atoms with van der Waals surface area (Å²) >= 11 is 0. The molecular weight excluding hydrogens is 192 g/mol. The van der Waals surface area contributed by atoms with Crippen molar-refractivity contribution in [2.45, 2.75) is 52.9 Å². The molecule has 2 fully saturated rings. The number of rotatable bonds is 6. The van der Waals surface area contributed by atoms with Crippen LogP contribution in [0.5, 0.6) is 0 Å². The van der Waals surface area contributed by atoms with E-state index in [4.69, 9.17) is 0 Å². The first-order chi connectivity index (χ1) is 7.43. The number of hydrogen-bond donors (Lipinski definition) is 0. The molecule has 0 heteroatoms. The lowest BCUT2D eigenvalue weighted by Crippen LogP contribution is -2.09. The van der Waals surface area contributed by atoms with Crippen LogP contribution in [0.3, 0.4) is 0 Å². The van der Waals surface area contributed by atoms with Crippen molar-refractivity contribution in [3.05, 3.63) is 24.3 Å². The van der Waals surface area contributed by atoms with Gasteiger partial charge in [0, 0.05) is 0 Å². The van der Waals surface area contributed by atoms with E-state index < -0.39 is 0 Å². The predicted octanol–water partition coefficient (Wildman–Crippen LogP) is 4.97. The second-order valence-corrected chi connectivity index (χ2v) is 6.62. The van der Waals surface area contributed by atoms with Gasteiger partial charge in [0.05, 0.1) is 0 Å². The van der Waals surface area contributed by atoms with Crippen LogP contribution in [0.15, 0.2) is 24.3 Å². The van der Waals surface area contributed by atoms with Gasteiger partial charge in [-0.3, -0.25) is 0 Å². The van der Waals surface area contributed by atoms with Crippen molar-refractivity contribution in [3.8, 4) is 0 Å². The summed E-state index contributed by atoms with van der Waals surface area (Å²) in [6, 6.07) is 0. The van der Waals surface area contributed by atoms with Crippen LogP contribution in [0.1, 0.15) is 52.9 Å². The molecule has 2 aliphatic carbocycles.